The molecule has 0 spiro atoms. The first-order valence-electron chi connectivity index (χ1n) is 7.27. The maximum atomic E-state index is 6.37. The molecule has 0 aromatic heterocycles. The van der Waals surface area contributed by atoms with Gasteiger partial charge in [0.2, 0.25) is 0 Å². The van der Waals surface area contributed by atoms with Crippen LogP contribution >= 0.6 is 11.8 Å². The van der Waals surface area contributed by atoms with E-state index in [1.807, 2.05) is 18.2 Å². The molecule has 2 N–H and O–H groups in total. The van der Waals surface area contributed by atoms with Crippen LogP contribution in [0.5, 0.6) is 5.75 Å². The molecule has 2 nitrogen and oxygen atoms in total. The van der Waals surface area contributed by atoms with Gasteiger partial charge in [0.25, 0.3) is 0 Å². The lowest BCUT2D eigenvalue weighted by atomic mass is 10.0. The van der Waals surface area contributed by atoms with Gasteiger partial charge in [0.15, 0.2) is 0 Å². The van der Waals surface area contributed by atoms with Gasteiger partial charge >= 0.3 is 0 Å². The molecule has 0 bridgehead atoms. The molecular formula is C18H23NOS. The van der Waals surface area contributed by atoms with Gasteiger partial charge in [0.1, 0.15) is 5.75 Å². The van der Waals surface area contributed by atoms with Gasteiger partial charge in [0.05, 0.1) is 7.11 Å². The normalized spacial score (nSPS) is 13.7. The van der Waals surface area contributed by atoms with E-state index < -0.39 is 0 Å². The summed E-state index contributed by atoms with van der Waals surface area (Å²) in [5, 5.41) is 0.229. The van der Waals surface area contributed by atoms with E-state index in [9.17, 15) is 0 Å². The van der Waals surface area contributed by atoms with Gasteiger partial charge in [-0.05, 0) is 31.0 Å². The number of hydrogen-bond acceptors (Lipinski definition) is 3. The summed E-state index contributed by atoms with van der Waals surface area (Å²) in [5.41, 5.74) is 8.90. The van der Waals surface area contributed by atoms with Crippen LogP contribution < -0.4 is 10.5 Å². The molecule has 0 radical (unpaired) electrons. The molecule has 112 valence electrons. The third kappa shape index (κ3) is 4.02. The summed E-state index contributed by atoms with van der Waals surface area (Å²) in [6, 6.07) is 16.9. The lowest BCUT2D eigenvalue weighted by Crippen LogP contribution is -2.25. The van der Waals surface area contributed by atoms with E-state index in [1.54, 1.807) is 18.9 Å². The van der Waals surface area contributed by atoms with Gasteiger partial charge in [-0.3, -0.25) is 0 Å². The SMILES string of the molecule is CCC(N)C(Sc1ccccc1OC)c1ccc(C)cc1. The third-order valence-corrected chi connectivity index (χ3v) is 5.06. The van der Waals surface area contributed by atoms with Crippen LogP contribution in [-0.4, -0.2) is 13.2 Å². The van der Waals surface area contributed by atoms with Crippen molar-refractivity contribution in [3.05, 3.63) is 59.7 Å². The Labute approximate surface area is 131 Å². The van der Waals surface area contributed by atoms with Gasteiger partial charge in [-0.1, -0.05) is 48.9 Å². The number of thioether (sulfide) groups is 1. The minimum absolute atomic E-state index is 0.114. The Morgan fingerprint density at radius 2 is 1.76 bits per heavy atom. The molecule has 2 unspecified atom stereocenters. The molecule has 2 aromatic rings. The van der Waals surface area contributed by atoms with Crippen molar-refractivity contribution in [1.82, 2.24) is 0 Å². The number of ether oxygens (including phenoxy) is 1. The number of hydrogen-bond donors (Lipinski definition) is 1. The summed E-state index contributed by atoms with van der Waals surface area (Å²) in [6.45, 7) is 4.24. The quantitative estimate of drug-likeness (QED) is 0.794. The molecule has 0 heterocycles. The summed E-state index contributed by atoms with van der Waals surface area (Å²) in [7, 11) is 1.71. The van der Waals surface area contributed by atoms with E-state index in [-0.39, 0.29) is 11.3 Å². The molecule has 0 aliphatic rings. The second kappa shape index (κ2) is 7.53. The lowest BCUT2D eigenvalue weighted by molar-refractivity contribution is 0.404. The highest BCUT2D eigenvalue weighted by Gasteiger charge is 2.21. The van der Waals surface area contributed by atoms with Crippen molar-refractivity contribution >= 4 is 11.8 Å². The van der Waals surface area contributed by atoms with Crippen molar-refractivity contribution in [3.8, 4) is 5.75 Å². The van der Waals surface area contributed by atoms with E-state index >= 15 is 0 Å². The monoisotopic (exact) mass is 301 g/mol. The van der Waals surface area contributed by atoms with E-state index in [2.05, 4.69) is 44.2 Å². The van der Waals surface area contributed by atoms with Crippen LogP contribution in [0, 0.1) is 6.92 Å². The Balaban J connectivity index is 2.30. The van der Waals surface area contributed by atoms with E-state index in [0.29, 0.717) is 0 Å². The number of rotatable bonds is 6. The van der Waals surface area contributed by atoms with Crippen LogP contribution in [0.25, 0.3) is 0 Å². The van der Waals surface area contributed by atoms with E-state index in [1.165, 1.54) is 11.1 Å². The van der Waals surface area contributed by atoms with Gasteiger partial charge < -0.3 is 10.5 Å². The molecule has 21 heavy (non-hydrogen) atoms. The van der Waals surface area contributed by atoms with E-state index in [4.69, 9.17) is 10.5 Å². The van der Waals surface area contributed by atoms with Crippen LogP contribution in [0.1, 0.15) is 29.7 Å². The average Bonchev–Trinajstić information content (AvgIpc) is 2.53. The fraction of sp³-hybridized carbons (Fsp3) is 0.333. The highest BCUT2D eigenvalue weighted by molar-refractivity contribution is 7.99. The second-order valence-electron chi connectivity index (χ2n) is 5.17. The Kier molecular flexibility index (Phi) is 5.71. The molecular weight excluding hydrogens is 278 g/mol. The molecule has 0 aliphatic carbocycles. The van der Waals surface area contributed by atoms with Crippen LogP contribution in [0.4, 0.5) is 0 Å². The van der Waals surface area contributed by atoms with Crippen molar-refractivity contribution in [2.24, 2.45) is 5.73 Å². The Morgan fingerprint density at radius 1 is 1.10 bits per heavy atom. The Hall–Kier alpha value is -1.45. The van der Waals surface area contributed by atoms with Crippen LogP contribution in [0.3, 0.4) is 0 Å². The molecule has 0 aliphatic heterocycles. The number of methoxy groups -OCH3 is 1. The molecule has 0 saturated carbocycles. The smallest absolute Gasteiger partial charge is 0.132 e. The molecule has 2 atom stereocenters. The predicted octanol–water partition coefficient (Wildman–Crippen LogP) is 4.57. The first kappa shape index (κ1) is 15.9. The zero-order valence-electron chi connectivity index (χ0n) is 12.9. The fourth-order valence-corrected chi connectivity index (χ4v) is 3.58. The zero-order chi connectivity index (χ0) is 15.2. The van der Waals surface area contributed by atoms with Crippen molar-refractivity contribution in [2.75, 3.05) is 7.11 Å². The van der Waals surface area contributed by atoms with Crippen LogP contribution in [-0.2, 0) is 0 Å². The maximum absolute atomic E-state index is 6.37. The average molecular weight is 301 g/mol. The first-order chi connectivity index (χ1) is 10.2. The summed E-state index contributed by atoms with van der Waals surface area (Å²) in [5.74, 6) is 0.905. The minimum atomic E-state index is 0.114. The third-order valence-electron chi connectivity index (χ3n) is 3.59. The highest BCUT2D eigenvalue weighted by Crippen LogP contribution is 2.41. The topological polar surface area (TPSA) is 35.2 Å². The fourth-order valence-electron chi connectivity index (χ4n) is 2.23. The molecule has 0 saturated heterocycles. The Morgan fingerprint density at radius 3 is 2.38 bits per heavy atom. The molecule has 2 rings (SSSR count). The van der Waals surface area contributed by atoms with Crippen molar-refractivity contribution in [3.63, 3.8) is 0 Å². The van der Waals surface area contributed by atoms with Gasteiger partial charge in [0, 0.05) is 16.2 Å². The summed E-state index contributed by atoms with van der Waals surface area (Å²) in [6.07, 6.45) is 0.945. The zero-order valence-corrected chi connectivity index (χ0v) is 13.7. The van der Waals surface area contributed by atoms with Gasteiger partial charge in [-0.2, -0.15) is 0 Å². The van der Waals surface area contributed by atoms with Gasteiger partial charge in [-0.25, -0.2) is 0 Å². The summed E-state index contributed by atoms with van der Waals surface area (Å²) < 4.78 is 5.45. The maximum Gasteiger partial charge on any atom is 0.132 e. The molecule has 0 amide bonds. The Bertz CT molecular complexity index is 568. The summed E-state index contributed by atoms with van der Waals surface area (Å²) in [4.78, 5) is 1.13. The standard InChI is InChI=1S/C18H23NOS/c1-4-15(19)18(14-11-9-13(2)10-12-14)21-17-8-6-5-7-16(17)20-3/h5-12,15,18H,4,19H2,1-3H3. The highest BCUT2D eigenvalue weighted by atomic mass is 32.2. The van der Waals surface area contributed by atoms with Crippen molar-refractivity contribution in [2.45, 2.75) is 36.5 Å². The van der Waals surface area contributed by atoms with Crippen molar-refractivity contribution < 1.29 is 4.74 Å². The largest absolute Gasteiger partial charge is 0.496 e. The number of para-hydroxylation sites is 1. The van der Waals surface area contributed by atoms with Crippen LogP contribution in [0.2, 0.25) is 0 Å². The molecule has 3 heteroatoms. The lowest BCUT2D eigenvalue weighted by Gasteiger charge is -2.24. The second-order valence-corrected chi connectivity index (χ2v) is 6.36. The number of nitrogens with two attached hydrogens (primary N) is 1. The predicted molar refractivity (Wildman–Crippen MR) is 91.0 cm³/mol. The minimum Gasteiger partial charge on any atom is -0.496 e. The number of benzene rings is 2. The van der Waals surface area contributed by atoms with Crippen molar-refractivity contribution in [1.29, 1.82) is 0 Å². The number of aryl methyl sites for hydroxylation is 1. The molecule has 2 aromatic carbocycles. The molecule has 0 fully saturated rings. The first-order valence-corrected chi connectivity index (χ1v) is 8.15. The summed E-state index contributed by atoms with van der Waals surface area (Å²) >= 11 is 1.78. The van der Waals surface area contributed by atoms with Crippen LogP contribution in [0.15, 0.2) is 53.4 Å². The van der Waals surface area contributed by atoms with E-state index in [0.717, 1.165) is 17.1 Å². The van der Waals surface area contributed by atoms with Gasteiger partial charge in [-0.15, -0.1) is 11.8 Å².